The molecular weight excluding hydrogens is 627 g/mol. The van der Waals surface area contributed by atoms with Crippen molar-refractivity contribution in [3.8, 4) is 28.7 Å². The van der Waals surface area contributed by atoms with E-state index < -0.39 is 0 Å². The van der Waals surface area contributed by atoms with E-state index in [-0.39, 0.29) is 16.6 Å². The summed E-state index contributed by atoms with van der Waals surface area (Å²) in [5.74, 6) is 2.22. The number of benzene rings is 4. The molecular formula is C40H47MnN2O4+. The van der Waals surface area contributed by atoms with Gasteiger partial charge < -0.3 is 9.84 Å². The second-order valence-corrected chi connectivity index (χ2v) is 15.8. The third-order valence-corrected chi connectivity index (χ3v) is 10.2. The zero-order valence-corrected chi connectivity index (χ0v) is 29.5. The van der Waals surface area contributed by atoms with Crippen molar-refractivity contribution in [3.63, 3.8) is 0 Å². The van der Waals surface area contributed by atoms with Crippen LogP contribution >= 0.6 is 0 Å². The van der Waals surface area contributed by atoms with E-state index in [1.807, 2.05) is 66.7 Å². The van der Waals surface area contributed by atoms with Crippen molar-refractivity contribution >= 4 is 12.4 Å². The summed E-state index contributed by atoms with van der Waals surface area (Å²) in [7, 11) is 0. The van der Waals surface area contributed by atoms with Crippen molar-refractivity contribution in [1.82, 2.24) is 0 Å². The van der Waals surface area contributed by atoms with E-state index in [2.05, 4.69) is 61.2 Å². The summed E-state index contributed by atoms with van der Waals surface area (Å²) >= 11 is 0.411. The van der Waals surface area contributed by atoms with Crippen LogP contribution in [0.3, 0.4) is 0 Å². The number of phenols is 2. The van der Waals surface area contributed by atoms with Gasteiger partial charge in [-0.3, -0.25) is 0 Å². The molecule has 1 aliphatic carbocycles. The molecule has 1 saturated heterocycles. The molecule has 47 heavy (non-hydrogen) atoms. The quantitative estimate of drug-likeness (QED) is 0.215. The number of ether oxygens (including phenoxy) is 1. The minimum atomic E-state index is -0.107. The Balaban J connectivity index is 0.000000257. The first kappa shape index (κ1) is 34.3. The summed E-state index contributed by atoms with van der Waals surface area (Å²) in [6, 6.07) is 28.8. The number of para-hydroxylation sites is 3. The van der Waals surface area contributed by atoms with E-state index in [0.29, 0.717) is 44.7 Å². The van der Waals surface area contributed by atoms with Crippen molar-refractivity contribution < 1.29 is 42.6 Å². The Bertz CT molecular complexity index is 1650. The van der Waals surface area contributed by atoms with Gasteiger partial charge in [-0.2, -0.15) is 0 Å². The molecule has 1 saturated carbocycles. The number of rotatable bonds is 4. The number of hydrogen-bond acceptors (Lipinski definition) is 4. The van der Waals surface area contributed by atoms with Crippen LogP contribution in [-0.4, -0.2) is 41.9 Å². The predicted molar refractivity (Wildman–Crippen MR) is 183 cm³/mol. The van der Waals surface area contributed by atoms with E-state index in [4.69, 9.17) is 4.74 Å². The molecule has 1 heterocycles. The molecule has 6 rings (SSSR count). The average Bonchev–Trinajstić information content (AvgIpc) is 3.37. The third kappa shape index (κ3) is 8.46. The summed E-state index contributed by atoms with van der Waals surface area (Å²) in [6.07, 6.45) is 9.12. The molecule has 4 aromatic rings. The van der Waals surface area contributed by atoms with Gasteiger partial charge in [0.05, 0.1) is 0 Å². The maximum absolute atomic E-state index is 11.0. The van der Waals surface area contributed by atoms with Crippen molar-refractivity contribution in [3.05, 3.63) is 113 Å². The van der Waals surface area contributed by atoms with Gasteiger partial charge in [0, 0.05) is 0 Å². The molecule has 2 unspecified atom stereocenters. The van der Waals surface area contributed by atoms with Gasteiger partial charge in [-0.1, -0.05) is 30.3 Å². The van der Waals surface area contributed by atoms with Crippen LogP contribution in [0.15, 0.2) is 91.0 Å². The predicted octanol–water partition coefficient (Wildman–Crippen LogP) is 8.05. The van der Waals surface area contributed by atoms with Crippen molar-refractivity contribution in [2.45, 2.75) is 90.1 Å². The average molecular weight is 675 g/mol. The first-order chi connectivity index (χ1) is 22.3. The third-order valence-electron chi connectivity index (χ3n) is 8.58. The van der Waals surface area contributed by atoms with Crippen molar-refractivity contribution in [2.75, 3.05) is 0 Å². The Kier molecular flexibility index (Phi) is 10.5. The molecule has 2 N–H and O–H groups in total. The standard InChI is InChI=1S/C28H38N2O2.C12H10O2.Mn/c1-27(2,3)21-13-9-11-19(25(21)31)17-29-23-15-7-8-16-24(23)30-18-20-12-10-14-22(26(20)32)28(4,5)6;13-10-6-8-12(9-7-10)14-11-4-2-1-3-5-11;/h9-14,17-18,23-24,31-32H,7-8,15-16H2,1-6H3;1-9,13H;/q;;+2/p-1. The molecule has 0 aromatic heterocycles. The number of phenolic OH excluding ortho intramolecular Hbond substituents is 2. The van der Waals surface area contributed by atoms with Gasteiger partial charge in [0.1, 0.15) is 11.5 Å². The van der Waals surface area contributed by atoms with Crippen LogP contribution in [-0.2, 0) is 26.2 Å². The molecule has 2 fully saturated rings. The molecule has 0 bridgehead atoms. The number of aromatic hydroxyl groups is 2. The minimum absolute atomic E-state index is 0.00888. The second kappa shape index (κ2) is 14.4. The van der Waals surface area contributed by atoms with Crippen LogP contribution in [0.5, 0.6) is 28.7 Å². The molecule has 7 heteroatoms. The fourth-order valence-corrected chi connectivity index (χ4v) is 7.90. The van der Waals surface area contributed by atoms with Crippen LogP contribution in [0.4, 0.5) is 0 Å². The van der Waals surface area contributed by atoms with Gasteiger partial charge in [0.2, 0.25) is 0 Å². The first-order valence-corrected chi connectivity index (χ1v) is 17.4. The molecule has 0 amide bonds. The molecule has 2 atom stereocenters. The van der Waals surface area contributed by atoms with Crippen molar-refractivity contribution in [2.24, 2.45) is 0 Å². The number of hydrogen-bond donors (Lipinski definition) is 2. The van der Waals surface area contributed by atoms with Crippen molar-refractivity contribution in [1.29, 1.82) is 0 Å². The zero-order valence-electron chi connectivity index (χ0n) is 28.3. The second-order valence-electron chi connectivity index (χ2n) is 14.3. The molecule has 0 radical (unpaired) electrons. The van der Waals surface area contributed by atoms with E-state index in [0.717, 1.165) is 40.8 Å². The molecule has 247 valence electrons. The maximum atomic E-state index is 11.0. The summed E-state index contributed by atoms with van der Waals surface area (Å²) in [4.78, 5) is 0. The van der Waals surface area contributed by atoms with Gasteiger partial charge in [-0.25, -0.2) is 0 Å². The Labute approximate surface area is 286 Å². The van der Waals surface area contributed by atoms with Gasteiger partial charge >= 0.3 is 206 Å². The monoisotopic (exact) mass is 674 g/mol. The zero-order chi connectivity index (χ0) is 33.8. The Morgan fingerprint density at radius 1 is 0.638 bits per heavy atom. The van der Waals surface area contributed by atoms with E-state index in [1.54, 1.807) is 12.1 Å². The fourth-order valence-electron chi connectivity index (χ4n) is 6.05. The van der Waals surface area contributed by atoms with E-state index >= 15 is 0 Å². The summed E-state index contributed by atoms with van der Waals surface area (Å²) < 4.78 is 10.3. The first-order valence-electron chi connectivity index (χ1n) is 16.4. The SMILES string of the molecule is CC(C)(C)c1cccc(C=[N+]2[Mn][N+](=Cc3cccc(C(C)(C)C)c3O)C3CCCCC32)c1O.[O-]c1ccc(Oc2ccccc2)cc1. The summed E-state index contributed by atoms with van der Waals surface area (Å²) in [5.41, 5.74) is 3.52. The van der Waals surface area contributed by atoms with Gasteiger partial charge in [0.15, 0.2) is 0 Å². The normalized spacial score (nSPS) is 19.6. The Hall–Kier alpha value is -4.06. The van der Waals surface area contributed by atoms with Crippen LogP contribution in [0.2, 0.25) is 0 Å². The van der Waals surface area contributed by atoms with Crippen LogP contribution in [0, 0.1) is 0 Å². The smallest absolute Gasteiger partial charge is 0.127 e. The topological polar surface area (TPSA) is 78.8 Å². The molecule has 0 spiro atoms. The Morgan fingerprint density at radius 2 is 1.09 bits per heavy atom. The van der Waals surface area contributed by atoms with Gasteiger partial charge in [-0.15, -0.1) is 5.75 Å². The van der Waals surface area contributed by atoms with Gasteiger partial charge in [0.25, 0.3) is 0 Å². The van der Waals surface area contributed by atoms with Crippen LogP contribution < -0.4 is 9.84 Å². The maximum Gasteiger partial charge on any atom is 0.127 e. The summed E-state index contributed by atoms with van der Waals surface area (Å²) in [5, 5.41) is 32.9. The van der Waals surface area contributed by atoms with Gasteiger partial charge in [-0.05, 0) is 24.3 Å². The number of nitrogens with zero attached hydrogens (tertiary/aromatic N) is 2. The number of fused-ring (bicyclic) bond motifs is 1. The largest absolute Gasteiger partial charge is 0.872 e. The Morgan fingerprint density at radius 3 is 1.53 bits per heavy atom. The fraction of sp³-hybridized carbons (Fsp3) is 0.350. The molecule has 6 nitrogen and oxygen atoms in total. The van der Waals surface area contributed by atoms with E-state index in [1.165, 1.54) is 25.0 Å². The van der Waals surface area contributed by atoms with Crippen LogP contribution in [0.1, 0.15) is 89.5 Å². The van der Waals surface area contributed by atoms with E-state index in [9.17, 15) is 15.3 Å². The molecule has 2 aliphatic rings. The minimum Gasteiger partial charge on any atom is -0.872 e. The molecule has 4 aromatic carbocycles. The summed E-state index contributed by atoms with van der Waals surface area (Å²) in [6.45, 7) is 12.8. The van der Waals surface area contributed by atoms with Crippen LogP contribution in [0.25, 0.3) is 0 Å². The molecule has 1 aliphatic heterocycles.